The van der Waals surface area contributed by atoms with Crippen molar-refractivity contribution in [2.75, 3.05) is 13.2 Å². The summed E-state index contributed by atoms with van der Waals surface area (Å²) < 4.78 is 5.75. The summed E-state index contributed by atoms with van der Waals surface area (Å²) in [6.07, 6.45) is 1.40. The molecule has 0 radical (unpaired) electrons. The quantitative estimate of drug-likeness (QED) is 0.705. The van der Waals surface area contributed by atoms with Crippen LogP contribution in [0.25, 0.3) is 0 Å². The van der Waals surface area contributed by atoms with Crippen molar-refractivity contribution >= 4 is 12.2 Å². The second-order valence-corrected chi connectivity index (χ2v) is 5.93. The molecule has 1 rings (SSSR count). The summed E-state index contributed by atoms with van der Waals surface area (Å²) >= 11 is 0. The van der Waals surface area contributed by atoms with E-state index in [0.29, 0.717) is 25.5 Å². The van der Waals surface area contributed by atoms with Gasteiger partial charge in [-0.25, -0.2) is 0 Å². The number of amides is 1. The predicted molar refractivity (Wildman–Crippen MR) is 69.0 cm³/mol. The Morgan fingerprint density at radius 3 is 2.61 bits per heavy atom. The zero-order valence-corrected chi connectivity index (χ0v) is 11.7. The molecule has 0 bridgehead atoms. The first-order valence-corrected chi connectivity index (χ1v) is 6.42. The lowest BCUT2D eigenvalue weighted by Crippen LogP contribution is -2.52. The number of carbonyl (C=O) groups is 2. The highest BCUT2D eigenvalue weighted by molar-refractivity contribution is 5.81. The number of aldehydes is 1. The van der Waals surface area contributed by atoms with Crippen LogP contribution in [0.3, 0.4) is 0 Å². The lowest BCUT2D eigenvalue weighted by atomic mass is 10.0. The van der Waals surface area contributed by atoms with Gasteiger partial charge in [0, 0.05) is 13.2 Å². The number of likely N-dealkylation sites (tertiary alicyclic amines) is 1. The van der Waals surface area contributed by atoms with Crippen LogP contribution in [0.5, 0.6) is 0 Å². The summed E-state index contributed by atoms with van der Waals surface area (Å²) in [5.41, 5.74) is 4.72. The summed E-state index contributed by atoms with van der Waals surface area (Å²) in [5.74, 6) is 0.0609. The van der Waals surface area contributed by atoms with Gasteiger partial charge in [-0.1, -0.05) is 13.8 Å². The van der Waals surface area contributed by atoms with Gasteiger partial charge in [0.1, 0.15) is 6.29 Å². The number of nitrogens with zero attached hydrogens (tertiary/aromatic N) is 1. The minimum Gasteiger partial charge on any atom is -0.377 e. The van der Waals surface area contributed by atoms with Gasteiger partial charge in [0.25, 0.3) is 0 Å². The van der Waals surface area contributed by atoms with Crippen LogP contribution in [0.1, 0.15) is 34.1 Å². The van der Waals surface area contributed by atoms with Crippen molar-refractivity contribution in [2.24, 2.45) is 11.7 Å². The van der Waals surface area contributed by atoms with Crippen molar-refractivity contribution in [2.45, 2.75) is 51.8 Å². The van der Waals surface area contributed by atoms with E-state index in [0.717, 1.165) is 6.29 Å². The number of hydrogen-bond donors (Lipinski definition) is 1. The summed E-state index contributed by atoms with van der Waals surface area (Å²) in [6, 6.07) is -0.414. The zero-order valence-electron chi connectivity index (χ0n) is 11.7. The van der Waals surface area contributed by atoms with Gasteiger partial charge in [-0.2, -0.15) is 0 Å². The third-order valence-electron chi connectivity index (χ3n) is 3.29. The van der Waals surface area contributed by atoms with Gasteiger partial charge in [-0.3, -0.25) is 9.69 Å². The van der Waals surface area contributed by atoms with Crippen LogP contribution in [-0.2, 0) is 14.3 Å². The number of rotatable bonds is 6. The van der Waals surface area contributed by atoms with Gasteiger partial charge >= 0.3 is 0 Å². The molecule has 2 atom stereocenters. The van der Waals surface area contributed by atoms with Crippen molar-refractivity contribution in [1.82, 2.24) is 4.90 Å². The average molecular weight is 256 g/mol. The number of hydrogen-bond acceptors (Lipinski definition) is 4. The molecule has 1 saturated heterocycles. The molecule has 0 spiro atoms. The molecule has 18 heavy (non-hydrogen) atoms. The lowest BCUT2D eigenvalue weighted by Gasteiger charge is -2.33. The Labute approximate surface area is 109 Å². The molecular weight excluding hydrogens is 232 g/mol. The first kappa shape index (κ1) is 15.1. The highest BCUT2D eigenvalue weighted by Crippen LogP contribution is 2.27. The predicted octanol–water partition coefficient (Wildman–Crippen LogP) is 0.565. The van der Waals surface area contributed by atoms with E-state index in [2.05, 4.69) is 13.8 Å². The van der Waals surface area contributed by atoms with Crippen molar-refractivity contribution < 1.29 is 14.3 Å². The summed E-state index contributed by atoms with van der Waals surface area (Å²) in [7, 11) is 0. The molecule has 0 aromatic heterocycles. The Morgan fingerprint density at radius 2 is 2.17 bits per heavy atom. The van der Waals surface area contributed by atoms with Crippen molar-refractivity contribution in [1.29, 1.82) is 0 Å². The lowest BCUT2D eigenvalue weighted by molar-refractivity contribution is -0.126. The molecule has 2 N–H and O–H groups in total. The summed E-state index contributed by atoms with van der Waals surface area (Å²) in [5, 5.41) is 0. The third-order valence-corrected chi connectivity index (χ3v) is 3.29. The number of primary amides is 1. The molecule has 1 aliphatic heterocycles. The van der Waals surface area contributed by atoms with Crippen molar-refractivity contribution in [3.8, 4) is 0 Å². The Bertz CT molecular complexity index is 315. The van der Waals surface area contributed by atoms with E-state index in [4.69, 9.17) is 10.5 Å². The van der Waals surface area contributed by atoms with E-state index in [1.807, 2.05) is 4.90 Å². The van der Waals surface area contributed by atoms with Crippen molar-refractivity contribution in [3.05, 3.63) is 0 Å². The average Bonchev–Trinajstić information content (AvgIpc) is 2.71. The van der Waals surface area contributed by atoms with E-state index in [1.54, 1.807) is 13.8 Å². The first-order chi connectivity index (χ1) is 8.27. The first-order valence-electron chi connectivity index (χ1n) is 6.42. The molecule has 0 aromatic carbocycles. The highest BCUT2D eigenvalue weighted by atomic mass is 16.5. The number of carbonyl (C=O) groups excluding carboxylic acids is 2. The maximum atomic E-state index is 11.5. The van der Waals surface area contributed by atoms with E-state index >= 15 is 0 Å². The van der Waals surface area contributed by atoms with E-state index in [-0.39, 0.29) is 12.0 Å². The molecule has 5 nitrogen and oxygen atoms in total. The van der Waals surface area contributed by atoms with Crippen LogP contribution >= 0.6 is 0 Å². The second kappa shape index (κ2) is 5.80. The SMILES string of the molecule is CC(C)CO[C@@H]1C[C@@H](C(N)=O)N(C(C)(C)C=O)C1. The summed E-state index contributed by atoms with van der Waals surface area (Å²) in [6.45, 7) is 8.97. The minimum atomic E-state index is -0.685. The second-order valence-electron chi connectivity index (χ2n) is 5.93. The van der Waals surface area contributed by atoms with Gasteiger partial charge < -0.3 is 15.3 Å². The number of ether oxygens (including phenoxy) is 1. The van der Waals surface area contributed by atoms with Crippen LogP contribution in [-0.4, -0.2) is 47.9 Å². The van der Waals surface area contributed by atoms with E-state index < -0.39 is 11.6 Å². The van der Waals surface area contributed by atoms with Crippen LogP contribution in [0.15, 0.2) is 0 Å². The fourth-order valence-corrected chi connectivity index (χ4v) is 2.22. The van der Waals surface area contributed by atoms with Crippen LogP contribution in [0.4, 0.5) is 0 Å². The van der Waals surface area contributed by atoms with Gasteiger partial charge in [0.2, 0.25) is 5.91 Å². The Kier molecular flexibility index (Phi) is 4.87. The molecule has 0 aromatic rings. The Balaban J connectivity index is 2.72. The molecule has 0 unspecified atom stereocenters. The molecular formula is C13H24N2O3. The molecule has 0 saturated carbocycles. The smallest absolute Gasteiger partial charge is 0.234 e. The zero-order chi connectivity index (χ0) is 13.9. The van der Waals surface area contributed by atoms with Crippen LogP contribution < -0.4 is 5.73 Å². The summed E-state index contributed by atoms with van der Waals surface area (Å²) in [4.78, 5) is 24.4. The largest absolute Gasteiger partial charge is 0.377 e. The maximum absolute atomic E-state index is 11.5. The third kappa shape index (κ3) is 3.53. The van der Waals surface area contributed by atoms with Gasteiger partial charge in [0.05, 0.1) is 17.7 Å². The van der Waals surface area contributed by atoms with Gasteiger partial charge in [0.15, 0.2) is 0 Å². The monoisotopic (exact) mass is 256 g/mol. The van der Waals surface area contributed by atoms with Crippen molar-refractivity contribution in [3.63, 3.8) is 0 Å². The number of nitrogens with two attached hydrogens (primary N) is 1. The van der Waals surface area contributed by atoms with Gasteiger partial charge in [-0.15, -0.1) is 0 Å². The fraction of sp³-hybridized carbons (Fsp3) is 0.846. The Hall–Kier alpha value is -0.940. The molecule has 104 valence electrons. The topological polar surface area (TPSA) is 72.6 Å². The van der Waals surface area contributed by atoms with Crippen LogP contribution in [0.2, 0.25) is 0 Å². The van der Waals surface area contributed by atoms with Gasteiger partial charge in [-0.05, 0) is 26.2 Å². The normalized spacial score (nSPS) is 25.6. The molecule has 0 aliphatic carbocycles. The highest BCUT2D eigenvalue weighted by Gasteiger charge is 2.43. The molecule has 1 aliphatic rings. The molecule has 1 fully saturated rings. The van der Waals surface area contributed by atoms with E-state index in [1.165, 1.54) is 0 Å². The maximum Gasteiger partial charge on any atom is 0.234 e. The fourth-order valence-electron chi connectivity index (χ4n) is 2.22. The van der Waals surface area contributed by atoms with E-state index in [9.17, 15) is 9.59 Å². The molecule has 5 heteroatoms. The minimum absolute atomic E-state index is 0.0240. The Morgan fingerprint density at radius 1 is 1.56 bits per heavy atom. The standard InChI is InChI=1S/C13H24N2O3/c1-9(2)7-18-10-5-11(12(14)17)15(6-10)13(3,4)8-16/h8-11H,5-7H2,1-4H3,(H2,14,17)/t10-,11+/m1/s1. The van der Waals surface area contributed by atoms with Crippen LogP contribution in [0, 0.1) is 5.92 Å². The molecule has 1 amide bonds. The molecule has 1 heterocycles.